The molecule has 5 heteroatoms. The Morgan fingerprint density at radius 1 is 1.39 bits per heavy atom. The molecular weight excluding hydrogens is 230 g/mol. The van der Waals surface area contributed by atoms with E-state index >= 15 is 0 Å². The highest BCUT2D eigenvalue weighted by atomic mass is 16.5. The third-order valence-electron chi connectivity index (χ3n) is 2.69. The molecule has 2 aromatic rings. The van der Waals surface area contributed by atoms with Crippen LogP contribution in [0.25, 0.3) is 0 Å². The smallest absolute Gasteiger partial charge is 0.157 e. The molecule has 1 unspecified atom stereocenters. The monoisotopic (exact) mass is 247 g/mol. The van der Waals surface area contributed by atoms with E-state index in [9.17, 15) is 5.11 Å². The van der Waals surface area contributed by atoms with E-state index in [1.807, 2.05) is 31.3 Å². The molecule has 1 heterocycles. The van der Waals surface area contributed by atoms with Gasteiger partial charge < -0.3 is 15.6 Å². The summed E-state index contributed by atoms with van der Waals surface area (Å²) in [6, 6.07) is 7.53. The summed E-state index contributed by atoms with van der Waals surface area (Å²) in [7, 11) is 1.81. The summed E-state index contributed by atoms with van der Waals surface area (Å²) in [5.74, 6) is 0.648. The predicted octanol–water partition coefficient (Wildman–Crippen LogP) is 0.991. The van der Waals surface area contributed by atoms with Crippen LogP contribution in [-0.2, 0) is 13.6 Å². The van der Waals surface area contributed by atoms with Gasteiger partial charge in [-0.3, -0.25) is 4.68 Å². The van der Waals surface area contributed by atoms with Crippen molar-refractivity contribution in [2.24, 2.45) is 12.8 Å². The highest BCUT2D eigenvalue weighted by Gasteiger charge is 2.08. The number of ether oxygens (including phenoxy) is 1. The maximum atomic E-state index is 9.97. The van der Waals surface area contributed by atoms with Gasteiger partial charge in [-0.15, -0.1) is 0 Å². The van der Waals surface area contributed by atoms with Crippen LogP contribution in [0.15, 0.2) is 36.7 Å². The van der Waals surface area contributed by atoms with E-state index in [4.69, 9.17) is 10.5 Å². The Morgan fingerprint density at radius 3 is 2.67 bits per heavy atom. The lowest BCUT2D eigenvalue weighted by Crippen LogP contribution is -2.09. The van der Waals surface area contributed by atoms with E-state index in [-0.39, 0.29) is 6.61 Å². The van der Waals surface area contributed by atoms with Crippen LogP contribution in [0.4, 0.5) is 0 Å². The molecule has 0 fully saturated rings. The molecule has 0 radical (unpaired) electrons. The minimum atomic E-state index is -0.656. The molecule has 0 amide bonds. The number of aliphatic hydroxyl groups is 1. The van der Waals surface area contributed by atoms with Gasteiger partial charge in [0, 0.05) is 13.6 Å². The van der Waals surface area contributed by atoms with E-state index in [1.165, 1.54) is 0 Å². The summed E-state index contributed by atoms with van der Waals surface area (Å²) >= 11 is 0. The van der Waals surface area contributed by atoms with Crippen molar-refractivity contribution in [1.82, 2.24) is 9.78 Å². The van der Waals surface area contributed by atoms with Crippen LogP contribution < -0.4 is 10.5 Å². The first-order valence-electron chi connectivity index (χ1n) is 5.77. The van der Waals surface area contributed by atoms with Gasteiger partial charge in [0.15, 0.2) is 5.75 Å². The number of aromatic nitrogens is 2. The van der Waals surface area contributed by atoms with E-state index in [1.54, 1.807) is 17.1 Å². The van der Waals surface area contributed by atoms with E-state index < -0.39 is 6.10 Å². The van der Waals surface area contributed by atoms with Gasteiger partial charge in [-0.25, -0.2) is 0 Å². The van der Waals surface area contributed by atoms with Crippen LogP contribution >= 0.6 is 0 Å². The lowest BCUT2D eigenvalue weighted by Gasteiger charge is -2.11. The quantitative estimate of drug-likeness (QED) is 0.826. The molecule has 0 bridgehead atoms. The summed E-state index contributed by atoms with van der Waals surface area (Å²) in [4.78, 5) is 0. The largest absolute Gasteiger partial charge is 0.487 e. The minimum absolute atomic E-state index is 0.202. The molecule has 96 valence electrons. The van der Waals surface area contributed by atoms with Gasteiger partial charge in [0.1, 0.15) is 12.7 Å². The van der Waals surface area contributed by atoms with Crippen LogP contribution in [0.1, 0.15) is 17.2 Å². The zero-order valence-corrected chi connectivity index (χ0v) is 10.3. The van der Waals surface area contributed by atoms with Crippen molar-refractivity contribution in [1.29, 1.82) is 0 Å². The fourth-order valence-electron chi connectivity index (χ4n) is 1.62. The second-order valence-corrected chi connectivity index (χ2v) is 4.12. The second kappa shape index (κ2) is 5.66. The summed E-state index contributed by atoms with van der Waals surface area (Å²) in [5, 5.41) is 14.0. The van der Waals surface area contributed by atoms with E-state index in [0.717, 1.165) is 11.1 Å². The second-order valence-electron chi connectivity index (χ2n) is 4.12. The van der Waals surface area contributed by atoms with Crippen molar-refractivity contribution in [2.75, 3.05) is 6.61 Å². The molecular formula is C13H17N3O2. The van der Waals surface area contributed by atoms with Crippen LogP contribution in [0, 0.1) is 0 Å². The first-order chi connectivity index (χ1) is 8.69. The molecule has 1 aromatic heterocycles. The van der Waals surface area contributed by atoms with Crippen molar-refractivity contribution in [3.05, 3.63) is 47.8 Å². The number of aryl methyl sites for hydroxylation is 1. The van der Waals surface area contributed by atoms with Gasteiger partial charge in [-0.2, -0.15) is 5.10 Å². The normalized spacial score (nSPS) is 12.4. The Labute approximate surface area is 106 Å². The van der Waals surface area contributed by atoms with Crippen LogP contribution in [0.5, 0.6) is 5.75 Å². The molecule has 1 atom stereocenters. The number of rotatable bonds is 5. The number of nitrogens with zero attached hydrogens (tertiary/aromatic N) is 2. The van der Waals surface area contributed by atoms with Gasteiger partial charge in [-0.05, 0) is 11.1 Å². The van der Waals surface area contributed by atoms with Crippen LogP contribution in [0.3, 0.4) is 0 Å². The van der Waals surface area contributed by atoms with Crippen molar-refractivity contribution in [2.45, 2.75) is 12.6 Å². The molecule has 0 spiro atoms. The molecule has 2 rings (SSSR count). The Kier molecular flexibility index (Phi) is 3.96. The highest BCUT2D eigenvalue weighted by molar-refractivity contribution is 5.24. The summed E-state index contributed by atoms with van der Waals surface area (Å²) in [6.07, 6.45) is 2.71. The summed E-state index contributed by atoms with van der Waals surface area (Å²) in [5.41, 5.74) is 7.37. The first kappa shape index (κ1) is 12.6. The van der Waals surface area contributed by atoms with Crippen molar-refractivity contribution < 1.29 is 9.84 Å². The van der Waals surface area contributed by atoms with E-state index in [2.05, 4.69) is 5.10 Å². The Balaban J connectivity index is 1.92. The van der Waals surface area contributed by atoms with Crippen molar-refractivity contribution in [3.8, 4) is 5.75 Å². The maximum Gasteiger partial charge on any atom is 0.157 e. The predicted molar refractivity (Wildman–Crippen MR) is 68.0 cm³/mol. The fourth-order valence-corrected chi connectivity index (χ4v) is 1.62. The molecule has 0 saturated heterocycles. The molecule has 0 aliphatic carbocycles. The average molecular weight is 247 g/mol. The standard InChI is InChI=1S/C13H17N3O2/c1-16-8-12(7-15-16)18-9-13(17)11-4-2-10(6-14)3-5-11/h2-5,7-8,13,17H,6,9,14H2,1H3. The fraction of sp³-hybridized carbons (Fsp3) is 0.308. The van der Waals surface area contributed by atoms with Crippen molar-refractivity contribution in [3.63, 3.8) is 0 Å². The minimum Gasteiger partial charge on any atom is -0.487 e. The molecule has 0 saturated carbocycles. The number of benzene rings is 1. The van der Waals surface area contributed by atoms with Crippen LogP contribution in [-0.4, -0.2) is 21.5 Å². The molecule has 1 aromatic carbocycles. The zero-order valence-electron chi connectivity index (χ0n) is 10.3. The average Bonchev–Trinajstić information content (AvgIpc) is 2.82. The van der Waals surface area contributed by atoms with Gasteiger partial charge in [0.25, 0.3) is 0 Å². The van der Waals surface area contributed by atoms with Gasteiger partial charge in [0.05, 0.1) is 12.4 Å². The number of nitrogens with two attached hydrogens (primary N) is 1. The third-order valence-corrected chi connectivity index (χ3v) is 2.69. The van der Waals surface area contributed by atoms with Crippen LogP contribution in [0.2, 0.25) is 0 Å². The Bertz CT molecular complexity index is 493. The number of hydrogen-bond donors (Lipinski definition) is 2. The Hall–Kier alpha value is -1.85. The molecule has 0 aliphatic rings. The Morgan fingerprint density at radius 2 is 2.11 bits per heavy atom. The first-order valence-corrected chi connectivity index (χ1v) is 5.77. The van der Waals surface area contributed by atoms with Gasteiger partial charge in [-0.1, -0.05) is 24.3 Å². The summed E-state index contributed by atoms with van der Waals surface area (Å²) < 4.78 is 7.09. The zero-order chi connectivity index (χ0) is 13.0. The lowest BCUT2D eigenvalue weighted by atomic mass is 10.1. The SMILES string of the molecule is Cn1cc(OCC(O)c2ccc(CN)cc2)cn1. The molecule has 3 N–H and O–H groups in total. The lowest BCUT2D eigenvalue weighted by molar-refractivity contribution is 0.108. The number of aliphatic hydroxyl groups excluding tert-OH is 1. The van der Waals surface area contributed by atoms with Gasteiger partial charge in [0.2, 0.25) is 0 Å². The van der Waals surface area contributed by atoms with Crippen molar-refractivity contribution >= 4 is 0 Å². The summed E-state index contributed by atoms with van der Waals surface area (Å²) in [6.45, 7) is 0.705. The molecule has 0 aliphatic heterocycles. The van der Waals surface area contributed by atoms with Gasteiger partial charge >= 0.3 is 0 Å². The van der Waals surface area contributed by atoms with E-state index in [0.29, 0.717) is 12.3 Å². The third kappa shape index (κ3) is 3.09. The number of hydrogen-bond acceptors (Lipinski definition) is 4. The topological polar surface area (TPSA) is 73.3 Å². The maximum absolute atomic E-state index is 9.97. The molecule has 18 heavy (non-hydrogen) atoms. The molecule has 5 nitrogen and oxygen atoms in total. The highest BCUT2D eigenvalue weighted by Crippen LogP contribution is 2.16.